The molecule has 0 saturated carbocycles. The third kappa shape index (κ3) is 4.77. The molecular weight excluding hydrogens is 555 g/mol. The fourth-order valence-corrected chi connectivity index (χ4v) is 7.35. The molecule has 6 aromatic carbocycles. The van der Waals surface area contributed by atoms with Crippen LogP contribution in [0.2, 0.25) is 0 Å². The van der Waals surface area contributed by atoms with E-state index in [2.05, 4.69) is 181 Å². The quantitative estimate of drug-likeness (QED) is 0.201. The SMILES string of the molecule is CC(C)(C)c1cc(-c2cccc(-c3cccc(C4(c5ccccc5)c5ccccc5-c5ccccc54)c3)c2N)cc(C(C)(C)C)c1. The van der Waals surface area contributed by atoms with Crippen LogP contribution in [0, 0.1) is 0 Å². The van der Waals surface area contributed by atoms with E-state index < -0.39 is 5.41 Å². The molecule has 0 radical (unpaired) electrons. The van der Waals surface area contributed by atoms with Crippen molar-refractivity contribution in [1.82, 2.24) is 0 Å². The first-order chi connectivity index (χ1) is 22.0. The van der Waals surface area contributed by atoms with Gasteiger partial charge in [-0.15, -0.1) is 0 Å². The van der Waals surface area contributed by atoms with Gasteiger partial charge in [-0.25, -0.2) is 0 Å². The van der Waals surface area contributed by atoms with E-state index >= 15 is 0 Å². The molecule has 1 nitrogen and oxygen atoms in total. The van der Waals surface area contributed by atoms with E-state index in [1.54, 1.807) is 0 Å². The smallest absolute Gasteiger partial charge is 0.0713 e. The Hall–Kier alpha value is -4.88. The fraction of sp³-hybridized carbons (Fsp3) is 0.200. The topological polar surface area (TPSA) is 26.0 Å². The Kier molecular flexibility index (Phi) is 7.05. The van der Waals surface area contributed by atoms with Crippen molar-refractivity contribution < 1.29 is 0 Å². The molecule has 0 atom stereocenters. The summed E-state index contributed by atoms with van der Waals surface area (Å²) in [6, 6.07) is 51.3. The Morgan fingerprint density at radius 1 is 0.413 bits per heavy atom. The Bertz CT molecular complexity index is 1990. The van der Waals surface area contributed by atoms with Crippen LogP contribution in [0.3, 0.4) is 0 Å². The van der Waals surface area contributed by atoms with Gasteiger partial charge in [-0.3, -0.25) is 0 Å². The number of rotatable bonds is 4. The summed E-state index contributed by atoms with van der Waals surface area (Å²) in [6.45, 7) is 13.7. The molecule has 7 rings (SSSR count). The lowest BCUT2D eigenvalue weighted by Crippen LogP contribution is -2.28. The summed E-state index contributed by atoms with van der Waals surface area (Å²) in [5, 5.41) is 0. The number of benzene rings is 6. The highest BCUT2D eigenvalue weighted by Crippen LogP contribution is 2.56. The van der Waals surface area contributed by atoms with Crippen molar-refractivity contribution >= 4 is 5.69 Å². The molecule has 0 aromatic heterocycles. The molecule has 0 fully saturated rings. The van der Waals surface area contributed by atoms with E-state index in [4.69, 9.17) is 5.73 Å². The van der Waals surface area contributed by atoms with E-state index in [0.717, 1.165) is 22.4 Å². The van der Waals surface area contributed by atoms with Crippen LogP contribution in [0.5, 0.6) is 0 Å². The standard InChI is InChI=1S/C45H43N/c1-43(2,3)34-27-31(28-35(29-34)44(4,5)6)37-23-15-22-36(42(37)46)30-16-14-19-33(26-30)45(32-17-8-7-9-18-32)40-24-12-10-20-38(40)39-21-11-13-25-41(39)45/h7-29H,46H2,1-6H3. The maximum atomic E-state index is 7.17. The van der Waals surface area contributed by atoms with Gasteiger partial charge in [0.2, 0.25) is 0 Å². The van der Waals surface area contributed by atoms with Crippen molar-refractivity contribution in [2.45, 2.75) is 57.8 Å². The van der Waals surface area contributed by atoms with Gasteiger partial charge in [0.15, 0.2) is 0 Å². The van der Waals surface area contributed by atoms with Gasteiger partial charge in [0.1, 0.15) is 0 Å². The lowest BCUT2D eigenvalue weighted by atomic mass is 9.67. The van der Waals surface area contributed by atoms with Crippen molar-refractivity contribution in [2.75, 3.05) is 5.73 Å². The number of fused-ring (bicyclic) bond motifs is 3. The van der Waals surface area contributed by atoms with Crippen molar-refractivity contribution in [1.29, 1.82) is 0 Å². The zero-order valence-electron chi connectivity index (χ0n) is 27.9. The molecule has 228 valence electrons. The molecule has 1 heteroatoms. The molecule has 0 bridgehead atoms. The fourth-order valence-electron chi connectivity index (χ4n) is 7.35. The Balaban J connectivity index is 1.44. The second-order valence-corrected chi connectivity index (χ2v) is 14.9. The van der Waals surface area contributed by atoms with Crippen LogP contribution >= 0.6 is 0 Å². The van der Waals surface area contributed by atoms with Crippen LogP contribution in [0.4, 0.5) is 5.69 Å². The average molecular weight is 598 g/mol. The first kappa shape index (κ1) is 29.8. The Labute approximate surface area is 274 Å². The summed E-state index contributed by atoms with van der Waals surface area (Å²) in [4.78, 5) is 0. The molecule has 0 aliphatic heterocycles. The van der Waals surface area contributed by atoms with Gasteiger partial charge in [-0.05, 0) is 72.5 Å². The van der Waals surface area contributed by atoms with Gasteiger partial charge in [-0.1, -0.05) is 175 Å². The molecule has 0 saturated heterocycles. The van der Waals surface area contributed by atoms with Crippen LogP contribution < -0.4 is 5.73 Å². The van der Waals surface area contributed by atoms with Gasteiger partial charge in [0.25, 0.3) is 0 Å². The van der Waals surface area contributed by atoms with Crippen molar-refractivity contribution in [3.63, 3.8) is 0 Å². The van der Waals surface area contributed by atoms with Gasteiger partial charge in [0.05, 0.1) is 5.41 Å². The molecule has 46 heavy (non-hydrogen) atoms. The molecule has 0 spiro atoms. The predicted octanol–water partition coefficient (Wildman–Crippen LogP) is 11.6. The van der Waals surface area contributed by atoms with Crippen LogP contribution in [-0.2, 0) is 16.2 Å². The van der Waals surface area contributed by atoms with Crippen LogP contribution in [0.15, 0.2) is 140 Å². The maximum Gasteiger partial charge on any atom is 0.0713 e. The first-order valence-electron chi connectivity index (χ1n) is 16.4. The van der Waals surface area contributed by atoms with Crippen LogP contribution in [0.25, 0.3) is 33.4 Å². The highest BCUT2D eigenvalue weighted by atomic mass is 14.6. The Morgan fingerprint density at radius 3 is 1.43 bits per heavy atom. The highest BCUT2D eigenvalue weighted by molar-refractivity contribution is 5.91. The molecule has 0 amide bonds. The van der Waals surface area contributed by atoms with Crippen LogP contribution in [-0.4, -0.2) is 0 Å². The van der Waals surface area contributed by atoms with Crippen molar-refractivity contribution in [3.8, 4) is 33.4 Å². The monoisotopic (exact) mass is 597 g/mol. The maximum absolute atomic E-state index is 7.17. The van der Waals surface area contributed by atoms with Gasteiger partial charge in [-0.2, -0.15) is 0 Å². The predicted molar refractivity (Wildman–Crippen MR) is 196 cm³/mol. The largest absolute Gasteiger partial charge is 0.398 e. The molecule has 0 unspecified atom stereocenters. The molecular formula is C45H43N. The summed E-state index contributed by atoms with van der Waals surface area (Å²) < 4.78 is 0. The lowest BCUT2D eigenvalue weighted by Gasteiger charge is -2.34. The minimum atomic E-state index is -0.445. The van der Waals surface area contributed by atoms with Crippen LogP contribution in [0.1, 0.15) is 74.9 Å². The van der Waals surface area contributed by atoms with Crippen molar-refractivity contribution in [3.05, 3.63) is 173 Å². The average Bonchev–Trinajstić information content (AvgIpc) is 3.35. The van der Waals surface area contributed by atoms with E-state index in [1.807, 2.05) is 0 Å². The summed E-state index contributed by atoms with van der Waals surface area (Å²) in [5.74, 6) is 0. The zero-order valence-corrected chi connectivity index (χ0v) is 27.9. The molecule has 6 aromatic rings. The first-order valence-corrected chi connectivity index (χ1v) is 16.4. The number of para-hydroxylation sites is 1. The Morgan fingerprint density at radius 2 is 0.870 bits per heavy atom. The normalized spacial score (nSPS) is 13.7. The summed E-state index contributed by atoms with van der Waals surface area (Å²) in [6.07, 6.45) is 0. The third-order valence-corrected chi connectivity index (χ3v) is 9.85. The van der Waals surface area contributed by atoms with E-state index in [1.165, 1.54) is 50.1 Å². The second kappa shape index (κ2) is 10.9. The number of nitrogen functional groups attached to an aromatic ring is 1. The molecule has 2 N–H and O–H groups in total. The van der Waals surface area contributed by atoms with Gasteiger partial charge >= 0.3 is 0 Å². The third-order valence-electron chi connectivity index (χ3n) is 9.85. The van der Waals surface area contributed by atoms with E-state index in [0.29, 0.717) is 0 Å². The van der Waals surface area contributed by atoms with Crippen molar-refractivity contribution in [2.24, 2.45) is 0 Å². The summed E-state index contributed by atoms with van der Waals surface area (Å²) in [5.41, 5.74) is 22.4. The summed E-state index contributed by atoms with van der Waals surface area (Å²) in [7, 11) is 0. The zero-order chi connectivity index (χ0) is 32.3. The molecule has 1 aliphatic carbocycles. The number of hydrogen-bond acceptors (Lipinski definition) is 1. The van der Waals surface area contributed by atoms with E-state index in [9.17, 15) is 0 Å². The van der Waals surface area contributed by atoms with Gasteiger partial charge in [0, 0.05) is 16.8 Å². The minimum Gasteiger partial charge on any atom is -0.398 e. The number of anilines is 1. The second-order valence-electron chi connectivity index (χ2n) is 14.9. The highest BCUT2D eigenvalue weighted by Gasteiger charge is 2.45. The van der Waals surface area contributed by atoms with Gasteiger partial charge < -0.3 is 5.73 Å². The van der Waals surface area contributed by atoms with E-state index in [-0.39, 0.29) is 10.8 Å². The number of nitrogens with two attached hydrogens (primary N) is 1. The summed E-state index contributed by atoms with van der Waals surface area (Å²) >= 11 is 0. The lowest BCUT2D eigenvalue weighted by molar-refractivity contribution is 0.569. The molecule has 0 heterocycles. The number of hydrogen-bond donors (Lipinski definition) is 1. The molecule has 1 aliphatic rings. The minimum absolute atomic E-state index is 0.0241.